The highest BCUT2D eigenvalue weighted by Crippen LogP contribution is 2.26. The lowest BCUT2D eigenvalue weighted by Gasteiger charge is -2.15. The smallest absolute Gasteiger partial charge is 0.274 e. The summed E-state index contributed by atoms with van der Waals surface area (Å²) in [6, 6.07) is 15.2. The zero-order valence-corrected chi connectivity index (χ0v) is 17.4. The molecule has 1 amide bonds. The van der Waals surface area contributed by atoms with Crippen LogP contribution >= 0.6 is 0 Å². The fourth-order valence-electron chi connectivity index (χ4n) is 2.87. The zero-order chi connectivity index (χ0) is 21.0. The maximum absolute atomic E-state index is 12.8. The number of para-hydroxylation sites is 2. The van der Waals surface area contributed by atoms with Crippen LogP contribution in [0.1, 0.15) is 41.3 Å². The maximum atomic E-state index is 12.8. The molecule has 0 saturated heterocycles. The molecule has 0 fully saturated rings. The van der Waals surface area contributed by atoms with Gasteiger partial charge in [0.25, 0.3) is 5.91 Å². The van der Waals surface area contributed by atoms with Gasteiger partial charge in [-0.25, -0.2) is 9.97 Å². The van der Waals surface area contributed by atoms with Crippen molar-refractivity contribution in [1.29, 1.82) is 0 Å². The van der Waals surface area contributed by atoms with Crippen LogP contribution in [0.15, 0.2) is 48.5 Å². The van der Waals surface area contributed by atoms with E-state index in [1.54, 1.807) is 19.1 Å². The monoisotopic (exact) mass is 390 g/mol. The summed E-state index contributed by atoms with van der Waals surface area (Å²) < 4.78 is 5.77. The number of ether oxygens (including phenoxy) is 1. The van der Waals surface area contributed by atoms with E-state index in [-0.39, 0.29) is 17.7 Å². The third kappa shape index (κ3) is 5.31. The summed E-state index contributed by atoms with van der Waals surface area (Å²) in [5.74, 6) is 1.38. The fourth-order valence-corrected chi connectivity index (χ4v) is 2.87. The zero-order valence-electron chi connectivity index (χ0n) is 17.4. The Labute approximate surface area is 171 Å². The van der Waals surface area contributed by atoms with Crippen LogP contribution in [0.25, 0.3) is 0 Å². The number of rotatable bonds is 6. The molecule has 0 unspecified atom stereocenters. The second-order valence-electron chi connectivity index (χ2n) is 7.25. The average molecular weight is 390 g/mol. The number of aryl methyl sites for hydroxylation is 3. The molecule has 6 nitrogen and oxygen atoms in total. The third-order valence-corrected chi connectivity index (χ3v) is 4.22. The van der Waals surface area contributed by atoms with Crippen LogP contribution in [0.2, 0.25) is 0 Å². The van der Waals surface area contributed by atoms with Crippen molar-refractivity contribution < 1.29 is 9.53 Å². The van der Waals surface area contributed by atoms with Gasteiger partial charge < -0.3 is 15.4 Å². The molecule has 0 radical (unpaired) electrons. The number of hydrogen-bond donors (Lipinski definition) is 2. The topological polar surface area (TPSA) is 76.1 Å². The molecule has 1 heterocycles. The molecule has 2 N–H and O–H groups in total. The second kappa shape index (κ2) is 8.73. The Morgan fingerprint density at radius 2 is 1.72 bits per heavy atom. The normalized spacial score (nSPS) is 10.7. The highest BCUT2D eigenvalue weighted by Gasteiger charge is 2.14. The van der Waals surface area contributed by atoms with Gasteiger partial charge in [0.2, 0.25) is 0 Å². The van der Waals surface area contributed by atoms with E-state index in [1.807, 2.05) is 58.0 Å². The number of carbonyl (C=O) groups excluding carboxylic acids is 1. The van der Waals surface area contributed by atoms with E-state index in [1.165, 1.54) is 0 Å². The minimum atomic E-state index is -0.320. The molecule has 29 heavy (non-hydrogen) atoms. The summed E-state index contributed by atoms with van der Waals surface area (Å²) >= 11 is 0. The molecule has 3 aromatic rings. The van der Waals surface area contributed by atoms with Gasteiger partial charge in [-0.1, -0.05) is 24.3 Å². The number of carbonyl (C=O) groups is 1. The van der Waals surface area contributed by atoms with E-state index in [0.717, 1.165) is 16.8 Å². The number of amides is 1. The molecule has 0 atom stereocenters. The SMILES string of the molecule is Cc1ccc(C)c(Nc2cc(C(=O)Nc3ccccc3OC(C)C)nc(C)n2)c1. The van der Waals surface area contributed by atoms with Crippen LogP contribution in [-0.2, 0) is 0 Å². The summed E-state index contributed by atoms with van der Waals surface area (Å²) in [5, 5.41) is 6.18. The molecule has 0 bridgehead atoms. The van der Waals surface area contributed by atoms with Gasteiger partial charge in [0.1, 0.15) is 23.1 Å². The van der Waals surface area contributed by atoms with Crippen LogP contribution in [0.3, 0.4) is 0 Å². The fraction of sp³-hybridized carbons (Fsp3) is 0.261. The highest BCUT2D eigenvalue weighted by molar-refractivity contribution is 6.04. The van der Waals surface area contributed by atoms with E-state index < -0.39 is 0 Å². The van der Waals surface area contributed by atoms with Crippen molar-refractivity contribution in [1.82, 2.24) is 9.97 Å². The van der Waals surface area contributed by atoms with Gasteiger partial charge in [-0.05, 0) is 63.9 Å². The van der Waals surface area contributed by atoms with E-state index in [0.29, 0.717) is 23.1 Å². The lowest BCUT2D eigenvalue weighted by Crippen LogP contribution is -2.17. The summed E-state index contributed by atoms with van der Waals surface area (Å²) in [6.07, 6.45) is 0.00252. The first-order chi connectivity index (χ1) is 13.8. The molecule has 150 valence electrons. The molecule has 0 aliphatic rings. The Morgan fingerprint density at radius 3 is 2.48 bits per heavy atom. The number of anilines is 3. The van der Waals surface area contributed by atoms with E-state index in [2.05, 4.69) is 26.7 Å². The van der Waals surface area contributed by atoms with Gasteiger partial charge in [-0.2, -0.15) is 0 Å². The van der Waals surface area contributed by atoms with Crippen LogP contribution in [0, 0.1) is 20.8 Å². The highest BCUT2D eigenvalue weighted by atomic mass is 16.5. The van der Waals surface area contributed by atoms with Gasteiger partial charge in [-0.15, -0.1) is 0 Å². The molecular weight excluding hydrogens is 364 g/mol. The van der Waals surface area contributed by atoms with Crippen LogP contribution < -0.4 is 15.4 Å². The molecule has 0 aliphatic heterocycles. The van der Waals surface area contributed by atoms with Crippen molar-refractivity contribution in [2.75, 3.05) is 10.6 Å². The Balaban J connectivity index is 1.84. The van der Waals surface area contributed by atoms with Gasteiger partial charge in [-0.3, -0.25) is 4.79 Å². The van der Waals surface area contributed by atoms with Crippen molar-refractivity contribution in [3.63, 3.8) is 0 Å². The predicted molar refractivity (Wildman–Crippen MR) is 116 cm³/mol. The molecule has 0 aliphatic carbocycles. The van der Waals surface area contributed by atoms with Crippen LogP contribution in [-0.4, -0.2) is 22.0 Å². The van der Waals surface area contributed by atoms with E-state index in [4.69, 9.17) is 4.74 Å². The first-order valence-electron chi connectivity index (χ1n) is 9.59. The van der Waals surface area contributed by atoms with Gasteiger partial charge in [0.05, 0.1) is 11.8 Å². The van der Waals surface area contributed by atoms with E-state index in [9.17, 15) is 4.79 Å². The van der Waals surface area contributed by atoms with Gasteiger partial charge in [0, 0.05) is 11.8 Å². The minimum Gasteiger partial charge on any atom is -0.489 e. The van der Waals surface area contributed by atoms with Crippen LogP contribution in [0.5, 0.6) is 5.75 Å². The molecular formula is C23H26N4O2. The number of benzene rings is 2. The molecule has 1 aromatic heterocycles. The Kier molecular flexibility index (Phi) is 6.12. The molecule has 0 saturated carbocycles. The largest absolute Gasteiger partial charge is 0.489 e. The maximum Gasteiger partial charge on any atom is 0.274 e. The van der Waals surface area contributed by atoms with Crippen molar-refractivity contribution in [3.05, 3.63) is 71.2 Å². The first-order valence-corrected chi connectivity index (χ1v) is 9.59. The number of aromatic nitrogens is 2. The van der Waals surface area contributed by atoms with Crippen molar-refractivity contribution in [3.8, 4) is 5.75 Å². The van der Waals surface area contributed by atoms with Crippen molar-refractivity contribution in [2.24, 2.45) is 0 Å². The Bertz CT molecular complexity index is 1030. The number of nitrogens with zero attached hydrogens (tertiary/aromatic N) is 2. The van der Waals surface area contributed by atoms with Gasteiger partial charge >= 0.3 is 0 Å². The summed E-state index contributed by atoms with van der Waals surface area (Å²) in [6.45, 7) is 9.70. The number of nitrogens with one attached hydrogen (secondary N) is 2. The summed E-state index contributed by atoms with van der Waals surface area (Å²) in [7, 11) is 0. The first kappa shape index (κ1) is 20.3. The quantitative estimate of drug-likeness (QED) is 0.606. The molecule has 0 spiro atoms. The van der Waals surface area contributed by atoms with E-state index >= 15 is 0 Å². The molecule has 6 heteroatoms. The molecule has 3 rings (SSSR count). The minimum absolute atomic E-state index is 0.00252. The van der Waals surface area contributed by atoms with Crippen LogP contribution in [0.4, 0.5) is 17.2 Å². The predicted octanol–water partition coefficient (Wildman–Crippen LogP) is 5.18. The van der Waals surface area contributed by atoms with Gasteiger partial charge in [0.15, 0.2) is 0 Å². The Morgan fingerprint density at radius 1 is 0.966 bits per heavy atom. The lowest BCUT2D eigenvalue weighted by molar-refractivity contribution is 0.102. The van der Waals surface area contributed by atoms with Crippen molar-refractivity contribution >= 4 is 23.1 Å². The third-order valence-electron chi connectivity index (χ3n) is 4.22. The summed E-state index contributed by atoms with van der Waals surface area (Å²) in [5.41, 5.74) is 4.07. The second-order valence-corrected chi connectivity index (χ2v) is 7.25. The van der Waals surface area contributed by atoms with Crippen molar-refractivity contribution in [2.45, 2.75) is 40.7 Å². The Hall–Kier alpha value is -3.41. The number of hydrogen-bond acceptors (Lipinski definition) is 5. The lowest BCUT2D eigenvalue weighted by atomic mass is 10.1. The standard InChI is InChI=1S/C23H26N4O2/c1-14(2)29-21-9-7-6-8-18(21)27-23(28)20-13-22(25-17(5)24-20)26-19-12-15(3)10-11-16(19)4/h6-14H,1-5H3,(H,27,28)(H,24,25,26). The molecule has 2 aromatic carbocycles. The average Bonchev–Trinajstić information content (AvgIpc) is 2.65. The summed E-state index contributed by atoms with van der Waals surface area (Å²) in [4.78, 5) is 21.6.